The first-order valence-electron chi connectivity index (χ1n) is 14.1. The third-order valence-corrected chi connectivity index (χ3v) is 8.35. The highest BCUT2D eigenvalue weighted by Gasteiger charge is 2.45. The van der Waals surface area contributed by atoms with Gasteiger partial charge in [-0.1, -0.05) is 24.3 Å². The molecule has 1 saturated heterocycles. The van der Waals surface area contributed by atoms with E-state index in [9.17, 15) is 8.78 Å². The fraction of sp³-hybridized carbons (Fsp3) is 0.406. The number of methoxy groups -OCH3 is 1. The lowest BCUT2D eigenvalue weighted by Crippen LogP contribution is -2.62. The van der Waals surface area contributed by atoms with Crippen LogP contribution in [0.4, 0.5) is 30.6 Å². The Morgan fingerprint density at radius 1 is 1.00 bits per heavy atom. The number of halogens is 3. The van der Waals surface area contributed by atoms with Gasteiger partial charge in [0.25, 0.3) is 0 Å². The third-order valence-electron chi connectivity index (χ3n) is 8.35. The van der Waals surface area contributed by atoms with Crippen molar-refractivity contribution in [2.45, 2.75) is 70.8 Å². The molecular formula is C32H37F3N6O2. The van der Waals surface area contributed by atoms with Crippen LogP contribution in [0.2, 0.25) is 0 Å². The summed E-state index contributed by atoms with van der Waals surface area (Å²) in [5, 5.41) is 4.02. The first kappa shape index (κ1) is 30.3. The van der Waals surface area contributed by atoms with Gasteiger partial charge in [0.1, 0.15) is 0 Å². The number of fused-ring (bicyclic) bond motifs is 1. The summed E-state index contributed by atoms with van der Waals surface area (Å²) in [7, 11) is 3.49. The van der Waals surface area contributed by atoms with Crippen molar-refractivity contribution in [2.75, 3.05) is 24.4 Å². The average Bonchev–Trinajstić information content (AvgIpc) is 2.95. The second-order valence-corrected chi connectivity index (χ2v) is 12.1. The molecular weight excluding hydrogens is 557 g/mol. The van der Waals surface area contributed by atoms with Crippen molar-refractivity contribution in [1.82, 2.24) is 19.9 Å². The Morgan fingerprint density at radius 3 is 2.42 bits per heavy atom. The minimum absolute atomic E-state index is 0.0706. The highest BCUT2D eigenvalue weighted by molar-refractivity contribution is 5.78. The van der Waals surface area contributed by atoms with Crippen molar-refractivity contribution in [2.24, 2.45) is 0 Å². The highest BCUT2D eigenvalue weighted by atomic mass is 19.3. The summed E-state index contributed by atoms with van der Waals surface area (Å²) in [4.78, 5) is 18.0. The summed E-state index contributed by atoms with van der Waals surface area (Å²) >= 11 is 0. The summed E-state index contributed by atoms with van der Waals surface area (Å²) in [6.07, 6.45) is 2.65. The lowest BCUT2D eigenvalue weighted by Gasteiger charge is -2.55. The Labute approximate surface area is 249 Å². The molecule has 2 aromatic carbocycles. The van der Waals surface area contributed by atoms with Gasteiger partial charge in [0.15, 0.2) is 23.1 Å². The van der Waals surface area contributed by atoms with Gasteiger partial charge in [-0.25, -0.2) is 9.37 Å². The van der Waals surface area contributed by atoms with Crippen LogP contribution in [0.1, 0.15) is 46.2 Å². The van der Waals surface area contributed by atoms with Gasteiger partial charge in [-0.2, -0.15) is 13.8 Å². The molecule has 8 nitrogen and oxygen atoms in total. The summed E-state index contributed by atoms with van der Waals surface area (Å²) in [6, 6.07) is 16.2. The van der Waals surface area contributed by atoms with Crippen molar-refractivity contribution in [1.29, 1.82) is 0 Å². The number of pyridine rings is 1. The number of hydrogen-bond donors (Lipinski definition) is 1. The van der Waals surface area contributed by atoms with Crippen LogP contribution in [-0.2, 0) is 6.54 Å². The van der Waals surface area contributed by atoms with Crippen molar-refractivity contribution in [3.63, 3.8) is 0 Å². The van der Waals surface area contributed by atoms with Crippen LogP contribution in [0.3, 0.4) is 0 Å². The number of aromatic nitrogens is 3. The maximum Gasteiger partial charge on any atom is 0.387 e. The smallest absolute Gasteiger partial charge is 0.387 e. The zero-order chi connectivity index (χ0) is 30.9. The van der Waals surface area contributed by atoms with Gasteiger partial charge in [-0.3, -0.25) is 9.88 Å². The quantitative estimate of drug-likeness (QED) is 0.219. The van der Waals surface area contributed by atoms with Gasteiger partial charge in [-0.05, 0) is 71.8 Å². The second kappa shape index (κ2) is 11.9. The zero-order valence-corrected chi connectivity index (χ0v) is 25.2. The van der Waals surface area contributed by atoms with Crippen molar-refractivity contribution in [3.05, 3.63) is 72.3 Å². The molecule has 0 bridgehead atoms. The summed E-state index contributed by atoms with van der Waals surface area (Å²) in [6.45, 7) is 6.07. The van der Waals surface area contributed by atoms with Crippen molar-refractivity contribution >= 4 is 28.4 Å². The van der Waals surface area contributed by atoms with E-state index in [-0.39, 0.29) is 40.4 Å². The molecule has 1 aliphatic rings. The van der Waals surface area contributed by atoms with E-state index >= 15 is 4.39 Å². The third kappa shape index (κ3) is 6.61. The van der Waals surface area contributed by atoms with E-state index in [0.29, 0.717) is 12.2 Å². The lowest BCUT2D eigenvalue weighted by atomic mass is 9.77. The number of anilines is 3. The Morgan fingerprint density at radius 2 is 1.72 bits per heavy atom. The number of hydrogen-bond acceptors (Lipinski definition) is 8. The predicted molar refractivity (Wildman–Crippen MR) is 162 cm³/mol. The van der Waals surface area contributed by atoms with Crippen LogP contribution in [0.15, 0.2) is 60.8 Å². The molecule has 0 aliphatic carbocycles. The maximum absolute atomic E-state index is 15.7. The van der Waals surface area contributed by atoms with Crippen molar-refractivity contribution in [3.8, 4) is 11.5 Å². The standard InChI is InChI=1S/C32H37F3N6O2/c1-31(2)16-23(17-32(3,4)40(31)5)41(19-22-12-11-20-9-7-8-10-25(20)37-22)28-24(33)18-36-30(39-28)38-21-13-14-26(42-6)27(15-21)43-29(34)35/h7-15,18,23,29H,16-17,19H2,1-6H3,(H,36,38,39). The van der Waals surface area contributed by atoms with Gasteiger partial charge in [0, 0.05) is 34.3 Å². The lowest BCUT2D eigenvalue weighted by molar-refractivity contribution is -0.0511. The van der Waals surface area contributed by atoms with Crippen LogP contribution in [0.5, 0.6) is 11.5 Å². The molecule has 0 amide bonds. The van der Waals surface area contributed by atoms with Crippen LogP contribution in [0, 0.1) is 5.82 Å². The number of nitrogens with one attached hydrogen (secondary N) is 1. The molecule has 0 radical (unpaired) electrons. The molecule has 11 heteroatoms. The molecule has 0 spiro atoms. The van der Waals surface area contributed by atoms with E-state index in [1.165, 1.54) is 19.2 Å². The van der Waals surface area contributed by atoms with E-state index in [1.807, 2.05) is 41.3 Å². The molecule has 0 unspecified atom stereocenters. The van der Waals surface area contributed by atoms with E-state index in [2.05, 4.69) is 59.7 Å². The molecule has 4 aromatic rings. The fourth-order valence-corrected chi connectivity index (χ4v) is 5.98. The molecule has 3 heterocycles. The second-order valence-electron chi connectivity index (χ2n) is 12.1. The molecule has 1 aliphatic heterocycles. The van der Waals surface area contributed by atoms with Crippen LogP contribution >= 0.6 is 0 Å². The Bertz CT molecular complexity index is 1580. The van der Waals surface area contributed by atoms with E-state index in [1.54, 1.807) is 6.07 Å². The van der Waals surface area contributed by atoms with Gasteiger partial charge in [0.05, 0.1) is 31.1 Å². The summed E-state index contributed by atoms with van der Waals surface area (Å²) in [5.41, 5.74) is 1.67. The highest BCUT2D eigenvalue weighted by Crippen LogP contribution is 2.41. The maximum atomic E-state index is 15.7. The molecule has 43 heavy (non-hydrogen) atoms. The number of alkyl halides is 2. The SMILES string of the molecule is COc1ccc(Nc2ncc(F)c(N(Cc3ccc4ccccc4n3)C3CC(C)(C)N(C)C(C)(C)C3)n2)cc1OC(F)F. The molecule has 228 valence electrons. The topological polar surface area (TPSA) is 75.6 Å². The Hall–Kier alpha value is -4.12. The Kier molecular flexibility index (Phi) is 8.38. The average molecular weight is 595 g/mol. The molecule has 1 N–H and O–H groups in total. The number of ether oxygens (including phenoxy) is 2. The van der Waals surface area contributed by atoms with Gasteiger partial charge in [-0.15, -0.1) is 0 Å². The number of likely N-dealkylation sites (tertiary alicyclic amines) is 1. The van der Waals surface area contributed by atoms with E-state index in [4.69, 9.17) is 9.72 Å². The first-order chi connectivity index (χ1) is 20.4. The minimum Gasteiger partial charge on any atom is -0.493 e. The van der Waals surface area contributed by atoms with Gasteiger partial charge >= 0.3 is 6.61 Å². The molecule has 1 fully saturated rings. The van der Waals surface area contributed by atoms with E-state index < -0.39 is 12.4 Å². The van der Waals surface area contributed by atoms with E-state index in [0.717, 1.165) is 35.6 Å². The number of nitrogens with zero attached hydrogens (tertiary/aromatic N) is 5. The largest absolute Gasteiger partial charge is 0.493 e. The summed E-state index contributed by atoms with van der Waals surface area (Å²) < 4.78 is 51.4. The molecule has 5 rings (SSSR count). The molecule has 0 atom stereocenters. The monoisotopic (exact) mass is 594 g/mol. The van der Waals surface area contributed by atoms with Gasteiger partial charge < -0.3 is 19.7 Å². The summed E-state index contributed by atoms with van der Waals surface area (Å²) in [5.74, 6) is -0.339. The normalized spacial score (nSPS) is 16.8. The van der Waals surface area contributed by atoms with Crippen LogP contribution in [-0.4, -0.2) is 57.7 Å². The number of para-hydroxylation sites is 1. The number of piperidine rings is 1. The predicted octanol–water partition coefficient (Wildman–Crippen LogP) is 7.18. The first-order valence-corrected chi connectivity index (χ1v) is 14.1. The molecule has 0 saturated carbocycles. The fourth-order valence-electron chi connectivity index (χ4n) is 5.98. The zero-order valence-electron chi connectivity index (χ0n) is 25.2. The Balaban J connectivity index is 1.53. The van der Waals surface area contributed by atoms with Crippen molar-refractivity contribution < 1.29 is 22.6 Å². The molecule has 2 aromatic heterocycles. The number of benzene rings is 2. The van der Waals surface area contributed by atoms with Crippen LogP contribution in [0.25, 0.3) is 10.9 Å². The number of rotatable bonds is 9. The minimum atomic E-state index is -3.03. The van der Waals surface area contributed by atoms with Crippen LogP contribution < -0.4 is 19.7 Å². The van der Waals surface area contributed by atoms with Gasteiger partial charge in [0.2, 0.25) is 5.95 Å².